The average molecular weight is 276 g/mol. The summed E-state index contributed by atoms with van der Waals surface area (Å²) in [4.78, 5) is 33.0. The highest BCUT2D eigenvalue weighted by molar-refractivity contribution is 7.70. The topological polar surface area (TPSA) is 190 Å². The van der Waals surface area contributed by atoms with Crippen molar-refractivity contribution >= 4 is 15.2 Å². The largest absolute Gasteiger partial charge is 0.478 e. The number of hydrogen-bond donors (Lipinski definition) is 6. The van der Waals surface area contributed by atoms with Crippen molar-refractivity contribution in [3.8, 4) is 6.01 Å². The maximum Gasteiger partial charge on any atom is 0.340 e. The Morgan fingerprint density at radius 2 is 1.62 bits per heavy atom. The molecule has 0 aliphatic carbocycles. The first-order chi connectivity index (χ1) is 7.05. The van der Waals surface area contributed by atoms with Gasteiger partial charge in [0.05, 0.1) is 0 Å². The summed E-state index contributed by atoms with van der Waals surface area (Å²) in [5, 5.41) is 17.5. The lowest BCUT2D eigenvalue weighted by Crippen LogP contribution is -2.02. The van der Waals surface area contributed by atoms with Gasteiger partial charge in [0, 0.05) is 0 Å². The number of H-pyrrole nitrogens is 1. The third-order valence-electron chi connectivity index (χ3n) is 1.31. The van der Waals surface area contributed by atoms with E-state index in [-0.39, 0.29) is 6.01 Å². The van der Waals surface area contributed by atoms with Gasteiger partial charge in [0.25, 0.3) is 0 Å². The summed E-state index contributed by atoms with van der Waals surface area (Å²) in [7, 11) is -9.28. The van der Waals surface area contributed by atoms with Crippen LogP contribution < -0.4 is 0 Å². The van der Waals surface area contributed by atoms with Crippen molar-refractivity contribution in [1.29, 1.82) is 0 Å². The molecule has 1 heterocycles. The minimum atomic E-state index is -4.64. The van der Waals surface area contributed by atoms with Crippen LogP contribution in [-0.4, -0.2) is 50.7 Å². The predicted molar refractivity (Wildman–Crippen MR) is 49.4 cm³/mol. The van der Waals surface area contributed by atoms with Crippen molar-refractivity contribution < 1.29 is 33.8 Å². The van der Waals surface area contributed by atoms with Gasteiger partial charge in [-0.2, -0.15) is 0 Å². The molecule has 0 saturated heterocycles. The molecule has 0 amide bonds. The molecule has 0 spiro atoms. The molecule has 1 aromatic rings. The normalized spacial score (nSPS) is 12.1. The first-order valence-corrected chi connectivity index (χ1v) is 6.94. The van der Waals surface area contributed by atoms with Gasteiger partial charge in [-0.15, -0.1) is 0 Å². The molecule has 0 aliphatic heterocycles. The van der Waals surface area contributed by atoms with Crippen LogP contribution in [0.5, 0.6) is 6.01 Å². The van der Waals surface area contributed by atoms with Crippen LogP contribution >= 0.6 is 15.2 Å². The van der Waals surface area contributed by atoms with Gasteiger partial charge in [-0.25, -0.2) is 5.10 Å². The fourth-order valence-electron chi connectivity index (χ4n) is 0.350. The molecule has 0 unspecified atom stereocenters. The molecule has 0 aromatic carbocycles. The Morgan fingerprint density at radius 3 is 1.69 bits per heavy atom. The summed E-state index contributed by atoms with van der Waals surface area (Å²) in [5.41, 5.74) is 0. The number of rotatable bonds is 2. The summed E-state index contributed by atoms with van der Waals surface area (Å²) < 4.78 is 20.4. The second kappa shape index (κ2) is 5.48. The molecular weight excluding hydrogens is 266 g/mol. The highest BCUT2D eigenvalue weighted by atomic mass is 31.2. The van der Waals surface area contributed by atoms with Gasteiger partial charge in [0.15, 0.2) is 5.40 Å². The van der Waals surface area contributed by atoms with Gasteiger partial charge in [-0.05, 0) is 17.4 Å². The zero-order valence-electron chi connectivity index (χ0n) is 7.87. The van der Waals surface area contributed by atoms with E-state index in [4.69, 9.17) is 24.7 Å². The minimum Gasteiger partial charge on any atom is -0.478 e. The smallest absolute Gasteiger partial charge is 0.340 e. The molecular formula is C3H10N4O7P2. The average Bonchev–Trinajstić information content (AvgIpc) is 2.52. The highest BCUT2D eigenvalue weighted by Crippen LogP contribution is 2.59. The monoisotopic (exact) mass is 276 g/mol. The van der Waals surface area contributed by atoms with Gasteiger partial charge in [-0.3, -0.25) is 9.13 Å². The van der Waals surface area contributed by atoms with Crippen LogP contribution in [-0.2, 0) is 9.13 Å². The van der Waals surface area contributed by atoms with Crippen LogP contribution in [0.15, 0.2) is 0 Å². The Hall–Kier alpha value is -0.830. The molecule has 16 heavy (non-hydrogen) atoms. The molecule has 1 aromatic heterocycles. The molecule has 0 atom stereocenters. The Kier molecular flexibility index (Phi) is 5.20. The second-order valence-electron chi connectivity index (χ2n) is 2.53. The number of tetrazole rings is 1. The molecule has 0 fully saturated rings. The number of hydrogen-bond acceptors (Lipinski definition) is 6. The number of aromatic amines is 1. The van der Waals surface area contributed by atoms with Crippen molar-refractivity contribution in [2.45, 2.75) is 12.3 Å². The van der Waals surface area contributed by atoms with Crippen molar-refractivity contribution in [3.05, 3.63) is 0 Å². The van der Waals surface area contributed by atoms with E-state index in [1.807, 2.05) is 0 Å². The van der Waals surface area contributed by atoms with Crippen LogP contribution in [0.1, 0.15) is 6.92 Å². The molecule has 0 radical (unpaired) electrons. The third kappa shape index (κ3) is 5.91. The number of nitrogens with one attached hydrogen (secondary N) is 1. The van der Waals surface area contributed by atoms with Crippen LogP contribution in [0.2, 0.25) is 0 Å². The van der Waals surface area contributed by atoms with E-state index in [2.05, 4.69) is 20.6 Å². The molecule has 11 nitrogen and oxygen atoms in total. The molecule has 0 aliphatic rings. The summed E-state index contributed by atoms with van der Waals surface area (Å²) >= 11 is 0. The standard InChI is InChI=1S/C2H8O6P2.CH2N4O/c1-2(9(3,4)5)10(6,7)8;6-1-2-4-5-3-1/h2H,1H3,(H2,3,4,5)(H2,6,7,8);(H2,2,3,4,5,6). The molecule has 6 N–H and O–H groups in total. The van der Waals surface area contributed by atoms with E-state index in [0.717, 1.165) is 6.92 Å². The zero-order valence-corrected chi connectivity index (χ0v) is 9.65. The van der Waals surface area contributed by atoms with E-state index >= 15 is 0 Å². The van der Waals surface area contributed by atoms with Crippen molar-refractivity contribution in [2.24, 2.45) is 0 Å². The summed E-state index contributed by atoms with van der Waals surface area (Å²) in [5.74, 6) is 0. The Balaban J connectivity index is 0.000000315. The van der Waals surface area contributed by atoms with Crippen LogP contribution in [0.4, 0.5) is 0 Å². The van der Waals surface area contributed by atoms with Crippen molar-refractivity contribution in [1.82, 2.24) is 20.6 Å². The molecule has 13 heteroatoms. The Bertz CT molecular complexity index is 372. The minimum absolute atomic E-state index is 0.255. The van der Waals surface area contributed by atoms with Crippen molar-refractivity contribution in [2.75, 3.05) is 0 Å². The van der Waals surface area contributed by atoms with Gasteiger partial charge in [0.2, 0.25) is 0 Å². The lowest BCUT2D eigenvalue weighted by Gasteiger charge is -2.13. The summed E-state index contributed by atoms with van der Waals surface area (Å²) in [6.45, 7) is 0.807. The fraction of sp³-hybridized carbons (Fsp3) is 0.667. The van der Waals surface area contributed by atoms with Crippen LogP contribution in [0.3, 0.4) is 0 Å². The lowest BCUT2D eigenvalue weighted by atomic mass is 11.0. The van der Waals surface area contributed by atoms with Crippen LogP contribution in [0, 0.1) is 0 Å². The molecule has 1 rings (SSSR count). The summed E-state index contributed by atoms with van der Waals surface area (Å²) in [6.07, 6.45) is 0. The van der Waals surface area contributed by atoms with E-state index in [9.17, 15) is 9.13 Å². The number of nitrogens with zero attached hydrogens (tertiary/aromatic N) is 3. The third-order valence-corrected chi connectivity index (χ3v) is 5.06. The Labute approximate surface area is 88.8 Å². The maximum absolute atomic E-state index is 10.2. The van der Waals surface area contributed by atoms with E-state index in [0.29, 0.717) is 0 Å². The molecule has 0 saturated carbocycles. The zero-order chi connectivity index (χ0) is 13.0. The first kappa shape index (κ1) is 15.2. The van der Waals surface area contributed by atoms with E-state index in [1.165, 1.54) is 0 Å². The Morgan fingerprint density at radius 1 is 1.19 bits per heavy atom. The molecule has 94 valence electrons. The van der Waals surface area contributed by atoms with E-state index < -0.39 is 20.6 Å². The quantitative estimate of drug-likeness (QED) is 0.350. The highest BCUT2D eigenvalue weighted by Gasteiger charge is 2.38. The van der Waals surface area contributed by atoms with Gasteiger partial charge >= 0.3 is 21.2 Å². The van der Waals surface area contributed by atoms with Gasteiger partial charge < -0.3 is 24.7 Å². The first-order valence-electron chi connectivity index (χ1n) is 3.58. The molecule has 0 bridgehead atoms. The van der Waals surface area contributed by atoms with Crippen LogP contribution in [0.25, 0.3) is 0 Å². The van der Waals surface area contributed by atoms with Gasteiger partial charge in [0.1, 0.15) is 0 Å². The van der Waals surface area contributed by atoms with Gasteiger partial charge in [-0.1, -0.05) is 5.10 Å². The number of aromatic hydroxyl groups is 1. The lowest BCUT2D eigenvalue weighted by molar-refractivity contribution is 0.342. The number of aromatic nitrogens is 4. The fourth-order valence-corrected chi connectivity index (χ4v) is 1.92. The second-order valence-corrected chi connectivity index (χ2v) is 6.85. The van der Waals surface area contributed by atoms with E-state index in [1.54, 1.807) is 0 Å². The maximum atomic E-state index is 10.2. The predicted octanol–water partition coefficient (Wildman–Crippen LogP) is -1.41. The SMILES string of the molecule is CC(P(=O)(O)O)P(=O)(O)O.Oc1nnn[nH]1. The van der Waals surface area contributed by atoms with Crippen molar-refractivity contribution in [3.63, 3.8) is 0 Å². The summed E-state index contributed by atoms with van der Waals surface area (Å²) in [6, 6.07) is -0.255.